The highest BCUT2D eigenvalue weighted by atomic mass is 32.2. The third kappa shape index (κ3) is 3.18. The van der Waals surface area contributed by atoms with Crippen molar-refractivity contribution in [3.8, 4) is 0 Å². The van der Waals surface area contributed by atoms with E-state index in [4.69, 9.17) is 0 Å². The molecule has 2 aromatic rings. The van der Waals surface area contributed by atoms with Crippen LogP contribution >= 0.6 is 0 Å². The van der Waals surface area contributed by atoms with Crippen LogP contribution in [0.4, 0.5) is 4.39 Å². The Hall–Kier alpha value is -1.76. The Labute approximate surface area is 185 Å². The molecule has 0 amide bonds. The van der Waals surface area contributed by atoms with Crippen LogP contribution in [0.25, 0.3) is 0 Å². The lowest BCUT2D eigenvalue weighted by molar-refractivity contribution is 0.162. The van der Waals surface area contributed by atoms with Crippen LogP contribution in [0.15, 0.2) is 53.4 Å². The predicted molar refractivity (Wildman–Crippen MR) is 120 cm³/mol. The second kappa shape index (κ2) is 7.68. The van der Waals surface area contributed by atoms with Crippen LogP contribution in [0.1, 0.15) is 50.2 Å². The van der Waals surface area contributed by atoms with Crippen molar-refractivity contribution in [3.05, 3.63) is 65.5 Å². The highest BCUT2D eigenvalue weighted by Gasteiger charge is 2.52. The lowest BCUT2D eigenvalue weighted by Crippen LogP contribution is -2.46. The highest BCUT2D eigenvalue weighted by Crippen LogP contribution is 2.52. The normalized spacial score (nSPS) is 28.8. The number of rotatable bonds is 6. The van der Waals surface area contributed by atoms with Crippen molar-refractivity contribution in [1.82, 2.24) is 9.21 Å². The molecule has 5 rings (SSSR count). The largest absolute Gasteiger partial charge is 0.301 e. The van der Waals surface area contributed by atoms with Gasteiger partial charge in [-0.15, -0.1) is 0 Å². The molecule has 0 aromatic heterocycles. The molecule has 4 nitrogen and oxygen atoms in total. The van der Waals surface area contributed by atoms with Crippen molar-refractivity contribution in [3.63, 3.8) is 0 Å². The summed E-state index contributed by atoms with van der Waals surface area (Å²) >= 11 is 0. The standard InChI is InChI=1S/C25H31FN2O2S/c1-3-25(4-2)23-7-5-6-8-24(23)31(29,30)28(25)14-13-27-16-19-15-21(22(19)17-27)18-9-11-20(26)12-10-18/h5-12,19,21-22H,3-4,13-17H2,1-2H3/t19-,21-,22+/m1/s1. The van der Waals surface area contributed by atoms with Crippen molar-refractivity contribution < 1.29 is 12.8 Å². The molecule has 1 saturated heterocycles. The van der Waals surface area contributed by atoms with E-state index in [1.54, 1.807) is 22.5 Å². The summed E-state index contributed by atoms with van der Waals surface area (Å²) in [5.41, 5.74) is 1.75. The average Bonchev–Trinajstić information content (AvgIpc) is 3.18. The minimum atomic E-state index is -3.47. The minimum absolute atomic E-state index is 0.184. The minimum Gasteiger partial charge on any atom is -0.301 e. The maximum absolute atomic E-state index is 13.4. The van der Waals surface area contributed by atoms with Crippen molar-refractivity contribution in [2.45, 2.75) is 49.5 Å². The number of hydrogen-bond donors (Lipinski definition) is 0. The van der Waals surface area contributed by atoms with Gasteiger partial charge in [-0.2, -0.15) is 4.31 Å². The monoisotopic (exact) mass is 442 g/mol. The molecule has 2 aromatic carbocycles. The lowest BCUT2D eigenvalue weighted by Gasteiger charge is -2.40. The number of benzene rings is 2. The Morgan fingerprint density at radius 1 is 1.00 bits per heavy atom. The SMILES string of the molecule is CCC1(CC)c2ccccc2S(=O)(=O)N1CCN1C[C@H]2C[C@H](c3ccc(F)cc3)[C@H]2C1. The zero-order chi connectivity index (χ0) is 21.8. The smallest absolute Gasteiger partial charge is 0.244 e. The van der Waals surface area contributed by atoms with Crippen LogP contribution in [0.3, 0.4) is 0 Å². The molecule has 6 heteroatoms. The van der Waals surface area contributed by atoms with Crippen LogP contribution in [0, 0.1) is 17.7 Å². The fraction of sp³-hybridized carbons (Fsp3) is 0.520. The zero-order valence-corrected chi connectivity index (χ0v) is 19.1. The maximum Gasteiger partial charge on any atom is 0.244 e. The molecule has 0 N–H and O–H groups in total. The van der Waals surface area contributed by atoms with E-state index in [1.807, 2.05) is 30.3 Å². The first-order valence-electron chi connectivity index (χ1n) is 11.5. The van der Waals surface area contributed by atoms with Gasteiger partial charge in [-0.05, 0) is 66.3 Å². The Bertz CT molecular complexity index is 1070. The lowest BCUT2D eigenvalue weighted by atomic mass is 9.64. The number of hydrogen-bond acceptors (Lipinski definition) is 3. The van der Waals surface area contributed by atoms with Gasteiger partial charge < -0.3 is 4.90 Å². The molecule has 1 saturated carbocycles. The van der Waals surface area contributed by atoms with Gasteiger partial charge in [0.2, 0.25) is 10.0 Å². The predicted octanol–water partition coefficient (Wildman–Crippen LogP) is 4.58. The van der Waals surface area contributed by atoms with Gasteiger partial charge in [0.25, 0.3) is 0 Å². The second-order valence-corrected chi connectivity index (χ2v) is 11.2. The molecule has 0 unspecified atom stereocenters. The molecule has 0 radical (unpaired) electrons. The van der Waals surface area contributed by atoms with Crippen molar-refractivity contribution in [2.24, 2.45) is 11.8 Å². The van der Waals surface area contributed by atoms with E-state index in [2.05, 4.69) is 18.7 Å². The molecule has 2 fully saturated rings. The number of likely N-dealkylation sites (tertiary alicyclic amines) is 1. The molecule has 2 aliphatic heterocycles. The summed E-state index contributed by atoms with van der Waals surface area (Å²) in [6, 6.07) is 14.5. The topological polar surface area (TPSA) is 40.6 Å². The van der Waals surface area contributed by atoms with Gasteiger partial charge >= 0.3 is 0 Å². The fourth-order valence-electron chi connectivity index (χ4n) is 6.38. The van der Waals surface area contributed by atoms with Gasteiger partial charge in [0, 0.05) is 26.2 Å². The summed E-state index contributed by atoms with van der Waals surface area (Å²) in [5.74, 6) is 1.58. The van der Waals surface area contributed by atoms with Gasteiger partial charge in [0.1, 0.15) is 5.82 Å². The van der Waals surface area contributed by atoms with Crippen molar-refractivity contribution in [1.29, 1.82) is 0 Å². The summed E-state index contributed by atoms with van der Waals surface area (Å²) in [6.07, 6.45) is 2.70. The highest BCUT2D eigenvalue weighted by molar-refractivity contribution is 7.89. The van der Waals surface area contributed by atoms with Gasteiger partial charge in [-0.25, -0.2) is 12.8 Å². The van der Waals surface area contributed by atoms with Gasteiger partial charge in [-0.3, -0.25) is 0 Å². The number of halogens is 1. The van der Waals surface area contributed by atoms with Gasteiger partial charge in [0.15, 0.2) is 0 Å². The molecular formula is C25H31FN2O2S. The third-order valence-corrected chi connectivity index (χ3v) is 10.2. The first-order valence-corrected chi connectivity index (χ1v) is 12.9. The Morgan fingerprint density at radius 3 is 2.42 bits per heavy atom. The first kappa shape index (κ1) is 21.1. The maximum atomic E-state index is 13.4. The number of fused-ring (bicyclic) bond motifs is 2. The van der Waals surface area contributed by atoms with E-state index >= 15 is 0 Å². The molecule has 31 heavy (non-hydrogen) atoms. The summed E-state index contributed by atoms with van der Waals surface area (Å²) < 4.78 is 41.9. The van der Waals surface area contributed by atoms with Crippen LogP contribution in [0.5, 0.6) is 0 Å². The summed E-state index contributed by atoms with van der Waals surface area (Å²) in [5, 5.41) is 0. The summed E-state index contributed by atoms with van der Waals surface area (Å²) in [7, 11) is -3.47. The average molecular weight is 443 g/mol. The van der Waals surface area contributed by atoms with E-state index in [0.717, 1.165) is 44.5 Å². The molecule has 0 spiro atoms. The number of sulfonamides is 1. The fourth-order valence-corrected chi connectivity index (χ4v) is 8.55. The summed E-state index contributed by atoms with van der Waals surface area (Å²) in [4.78, 5) is 2.92. The van der Waals surface area contributed by atoms with E-state index in [1.165, 1.54) is 5.56 Å². The van der Waals surface area contributed by atoms with Gasteiger partial charge in [0.05, 0.1) is 10.4 Å². The first-order chi connectivity index (χ1) is 14.9. The Morgan fingerprint density at radius 2 is 1.71 bits per heavy atom. The number of nitrogens with zero attached hydrogens (tertiary/aromatic N) is 2. The molecule has 1 aliphatic carbocycles. The van der Waals surface area contributed by atoms with Crippen molar-refractivity contribution in [2.75, 3.05) is 26.2 Å². The van der Waals surface area contributed by atoms with E-state index in [9.17, 15) is 12.8 Å². The second-order valence-electron chi connectivity index (χ2n) is 9.39. The third-order valence-electron chi connectivity index (χ3n) is 8.16. The molecule has 3 atom stereocenters. The van der Waals surface area contributed by atoms with Crippen LogP contribution in [-0.2, 0) is 15.6 Å². The summed E-state index contributed by atoms with van der Waals surface area (Å²) in [6.45, 7) is 7.51. The Kier molecular flexibility index (Phi) is 5.23. The molecule has 0 bridgehead atoms. The molecular weight excluding hydrogens is 411 g/mol. The van der Waals surface area contributed by atoms with Gasteiger partial charge in [-0.1, -0.05) is 44.2 Å². The quantitative estimate of drug-likeness (QED) is 0.657. The molecule has 3 aliphatic rings. The zero-order valence-electron chi connectivity index (χ0n) is 18.3. The van der Waals surface area contributed by atoms with E-state index in [0.29, 0.717) is 29.2 Å². The van der Waals surface area contributed by atoms with Crippen LogP contribution in [-0.4, -0.2) is 43.8 Å². The van der Waals surface area contributed by atoms with Crippen molar-refractivity contribution >= 4 is 10.0 Å². The van der Waals surface area contributed by atoms with E-state index < -0.39 is 15.6 Å². The van der Waals surface area contributed by atoms with Crippen LogP contribution in [0.2, 0.25) is 0 Å². The molecule has 2 heterocycles. The van der Waals surface area contributed by atoms with Crippen LogP contribution < -0.4 is 0 Å². The molecule has 166 valence electrons. The Balaban J connectivity index is 1.30. The van der Waals surface area contributed by atoms with E-state index in [-0.39, 0.29) is 5.82 Å².